The smallest absolute Gasteiger partial charge is 0.271 e. The number of rotatable bonds is 28. The van der Waals surface area contributed by atoms with Crippen molar-refractivity contribution < 1.29 is 85.7 Å². The maximum absolute atomic E-state index is 13.4. The fraction of sp³-hybridized carbons (Fsp3) is 0.368. The van der Waals surface area contributed by atoms with Crippen LogP contribution in [0.2, 0.25) is 30.1 Å². The van der Waals surface area contributed by atoms with E-state index in [4.69, 9.17) is 88.6 Å². The summed E-state index contributed by atoms with van der Waals surface area (Å²) in [5, 5.41) is 61.8. The first-order valence-electron chi connectivity index (χ1n) is 45.5. The molecule has 0 radical (unpaired) electrons. The van der Waals surface area contributed by atoms with E-state index in [9.17, 15) is 92.7 Å². The van der Waals surface area contributed by atoms with Crippen LogP contribution in [0.15, 0.2) is 226 Å². The van der Waals surface area contributed by atoms with Crippen LogP contribution in [0.4, 0.5) is 28.4 Å². The molecule has 0 amide bonds. The Hall–Kier alpha value is -9.61. The van der Waals surface area contributed by atoms with Gasteiger partial charge in [-0.3, -0.25) is 65.3 Å². The number of nitro groups is 5. The van der Waals surface area contributed by atoms with Crippen LogP contribution in [0.25, 0.3) is 0 Å². The quantitative estimate of drug-likeness (QED) is 0.0351. The minimum Gasteiger partial charge on any atom is -0.456 e. The van der Waals surface area contributed by atoms with Gasteiger partial charge >= 0.3 is 0 Å². The van der Waals surface area contributed by atoms with Crippen molar-refractivity contribution in [1.29, 1.82) is 0 Å². The second-order valence-electron chi connectivity index (χ2n) is 35.1. The van der Waals surface area contributed by atoms with E-state index in [1.165, 1.54) is 94.3 Å². The lowest BCUT2D eigenvalue weighted by atomic mass is 10.1. The summed E-state index contributed by atoms with van der Waals surface area (Å²) in [5.41, 5.74) is 2.08. The minimum absolute atomic E-state index is 0.0318. The molecule has 5 aliphatic heterocycles. The van der Waals surface area contributed by atoms with Gasteiger partial charge in [0.15, 0.2) is 0 Å². The van der Waals surface area contributed by atoms with Gasteiger partial charge in [-0.25, -0.2) is 42.1 Å². The second-order valence-corrected chi connectivity index (χ2v) is 49.4. The molecule has 10 aromatic carbocycles. The van der Waals surface area contributed by atoms with Crippen molar-refractivity contribution in [2.75, 3.05) is 118 Å². The maximum atomic E-state index is 13.4. The summed E-state index contributed by atoms with van der Waals surface area (Å²) in [6.45, 7) is 30.6. The van der Waals surface area contributed by atoms with Crippen LogP contribution in [0, 0.1) is 78.3 Å². The molecule has 5 heterocycles. The topological polar surface area (TPSA) is 461 Å². The lowest BCUT2D eigenvalue weighted by molar-refractivity contribution is -0.385. The van der Waals surface area contributed by atoms with Crippen molar-refractivity contribution in [1.82, 2.24) is 41.5 Å². The predicted molar refractivity (Wildman–Crippen MR) is 562 cm³/mol. The predicted octanol–water partition coefficient (Wildman–Crippen LogP) is 20.3. The van der Waals surface area contributed by atoms with E-state index in [0.29, 0.717) is 140 Å². The molecule has 146 heavy (non-hydrogen) atoms. The number of non-ortho nitro benzene ring substituents is 5. The van der Waals surface area contributed by atoms with Crippen LogP contribution in [0.1, 0.15) is 77.6 Å². The average Bonchev–Trinajstić information content (AvgIpc) is 0.787. The Bertz CT molecular complexity index is 6700. The number of morpholine rings is 1. The molecule has 0 spiro atoms. The molecular weight excluding hydrogens is 2160 g/mol. The Morgan fingerprint density at radius 3 is 0.904 bits per heavy atom. The summed E-state index contributed by atoms with van der Waals surface area (Å²) < 4.78 is 163. The van der Waals surface area contributed by atoms with Crippen molar-refractivity contribution in [3.05, 3.63) is 285 Å². The maximum Gasteiger partial charge on any atom is 0.271 e. The van der Waals surface area contributed by atoms with E-state index in [0.717, 1.165) is 76.1 Å². The van der Waals surface area contributed by atoms with Gasteiger partial charge in [-0.05, 0) is 196 Å². The number of benzene rings is 10. The van der Waals surface area contributed by atoms with Gasteiger partial charge in [0.2, 0.25) is 50.1 Å². The summed E-state index contributed by atoms with van der Waals surface area (Å²) in [5.74, 6) is 1.28. The highest BCUT2D eigenvalue weighted by Crippen LogP contribution is 2.46. The van der Waals surface area contributed by atoms with E-state index >= 15 is 0 Å². The largest absolute Gasteiger partial charge is 0.456 e. The van der Waals surface area contributed by atoms with Crippen LogP contribution in [0.5, 0.6) is 34.5 Å². The molecule has 2 atom stereocenters. The van der Waals surface area contributed by atoms with E-state index in [1.807, 2.05) is 91.8 Å². The van der Waals surface area contributed by atoms with Crippen molar-refractivity contribution in [3.8, 4) is 34.5 Å². The fourth-order valence-electron chi connectivity index (χ4n) is 15.7. The van der Waals surface area contributed by atoms with Gasteiger partial charge in [-0.15, -0.1) is 0 Å². The monoisotopic (exact) mass is 2260 g/mol. The van der Waals surface area contributed by atoms with Gasteiger partial charge in [0.05, 0.1) is 52.9 Å². The van der Waals surface area contributed by atoms with Gasteiger partial charge < -0.3 is 24.3 Å². The number of sulfonamides is 5. The Morgan fingerprint density at radius 2 is 0.589 bits per heavy atom. The number of halogens is 6. The third kappa shape index (κ3) is 30.0. The van der Waals surface area contributed by atoms with Crippen LogP contribution >= 0.6 is 93.1 Å². The van der Waals surface area contributed by atoms with Crippen LogP contribution in [-0.2, 0) is 54.9 Å². The molecule has 38 nitrogen and oxygen atoms in total. The molecule has 5 saturated heterocycles. The number of aryl methyl sites for hydroxylation is 4. The van der Waals surface area contributed by atoms with E-state index in [1.54, 1.807) is 42.5 Å². The fourth-order valence-corrected chi connectivity index (χ4v) is 27.5. The number of hydrogen-bond acceptors (Lipinski definition) is 30. The number of hydrogen-bond donors (Lipinski definition) is 1. The zero-order valence-electron chi connectivity index (χ0n) is 81.2. The molecule has 0 saturated carbocycles. The number of nitrogens with one attached hydrogen (secondary N) is 1. The van der Waals surface area contributed by atoms with Crippen molar-refractivity contribution in [2.45, 2.75) is 157 Å². The first-order chi connectivity index (χ1) is 68.6. The molecule has 5 fully saturated rings. The summed E-state index contributed by atoms with van der Waals surface area (Å²) in [4.78, 5) is 60.6. The normalized spacial score (nSPS) is 16.9. The lowest BCUT2D eigenvalue weighted by Crippen LogP contribution is -2.55. The molecule has 51 heteroatoms. The number of piperazine rings is 4. The molecule has 15 rings (SSSR count). The van der Waals surface area contributed by atoms with Gasteiger partial charge in [0.1, 0.15) is 59.0 Å². The molecule has 0 bridgehead atoms. The first-order valence-corrected chi connectivity index (χ1v) is 56.6. The number of nitro benzene ring substituents is 5. The number of ether oxygens (including phenoxy) is 4. The Kier molecular flexibility index (Phi) is 40.6. The summed E-state index contributed by atoms with van der Waals surface area (Å²) in [6, 6.07) is 44.8. The second kappa shape index (κ2) is 50.8. The molecule has 0 aromatic heterocycles. The van der Waals surface area contributed by atoms with Crippen molar-refractivity contribution >= 4 is 172 Å². The van der Waals surface area contributed by atoms with E-state index in [-0.39, 0.29) is 146 Å². The highest BCUT2D eigenvalue weighted by Gasteiger charge is 2.41. The van der Waals surface area contributed by atoms with E-state index < -0.39 is 74.7 Å². The SMILES string of the molecule is CC(C)N1CCN(S(=O)(=O)c2cc([N+](=O)[O-])ccc2Oc2cc(Cl)ccc2Cl)CC1.CC(C)N1CCN(S(=O)(=O)c2cc([N+](=O)[O-])ccc2Sc2cc(Cl)ccc2Cl)CC1.Cc1ccc(C)c(Oc2ccc([N+](=O)[O-])cc2S(=O)(=O)N2CC(C)NC(C)C2)c1.Cc1ccc(C)c(Oc2ccc([N+](=O)[O-])cc2S(=O)(=O)N2CCN(C(C)C)CC2)c1.O=[N+]([O-])c1ccc(Sc2cc(Cl)ccc2Cl)c(S(=O)(=O)N2CCOCC2)c1. The molecule has 0 aliphatic carbocycles. The number of nitrogens with zero attached hydrogens (tertiary/aromatic N) is 13. The van der Waals surface area contributed by atoms with Crippen LogP contribution in [0.3, 0.4) is 0 Å². The lowest BCUT2D eigenvalue weighted by Gasteiger charge is -2.36. The highest BCUT2D eigenvalue weighted by molar-refractivity contribution is 8.00. The molecule has 786 valence electrons. The van der Waals surface area contributed by atoms with Gasteiger partial charge in [0, 0.05) is 236 Å². The van der Waals surface area contributed by atoms with Crippen molar-refractivity contribution in [3.63, 3.8) is 0 Å². The van der Waals surface area contributed by atoms with Crippen LogP contribution < -0.4 is 19.5 Å². The Morgan fingerprint density at radius 1 is 0.315 bits per heavy atom. The Balaban J connectivity index is 0.000000174. The molecule has 1 N–H and O–H groups in total. The first kappa shape index (κ1) is 117. The molecule has 2 unspecified atom stereocenters. The highest BCUT2D eigenvalue weighted by atomic mass is 35.5. The zero-order valence-corrected chi connectivity index (χ0v) is 91.4. The van der Waals surface area contributed by atoms with E-state index in [2.05, 4.69) is 47.7 Å². The molecule has 10 aromatic rings. The zero-order chi connectivity index (χ0) is 107. The molecular formula is C95H108Cl6N14O24S7. The van der Waals surface area contributed by atoms with Crippen LogP contribution in [-0.4, -0.2) is 251 Å². The average molecular weight is 2270 g/mol. The van der Waals surface area contributed by atoms with Gasteiger partial charge in [0.25, 0.3) is 28.4 Å². The molecule has 5 aliphatic rings. The third-order valence-corrected chi connectivity index (χ3v) is 37.7. The third-order valence-electron chi connectivity index (χ3n) is 23.8. The minimum atomic E-state index is -4.04. The van der Waals surface area contributed by atoms with Gasteiger partial charge in [-0.1, -0.05) is 117 Å². The summed E-state index contributed by atoms with van der Waals surface area (Å²) in [7, 11) is -19.9. The summed E-state index contributed by atoms with van der Waals surface area (Å²) >= 11 is 38.8. The standard InChI is InChI=1S/C21H27N3O5S.C20H25N3O5S.C19H21Cl2N3O5S.C19H21Cl2N3O4S2.C16H14Cl2N2O5S2/c1-15(2)22-9-11-23(12-10-22)30(27,28)21-14-18(24(25)26)7-8-19(21)29-20-13-16(3)5-6-17(20)4;1-13-5-6-14(2)19(9-13)28-18-8-7-17(23(24)25)10-20(18)29(26,27)22-11-15(3)21-16(4)12-22;2*1-13(2)22-7-9-23(10-8-22)30(27,28)19-12-15(24(25)26)4-6-17(19)29-18-11-14(20)3-5-16(18)21;17-11-1-3-13(18)15(9-11)26-14-4-2-12(20(21)22)10-16(14)27(23,24)19-5-7-25-8-6-19/h5-8,13-15H,9-12H2,1-4H3;5-10,15-16,21H,11-12H2,1-4H3;2*3-6,11-13H,7-10H2,1-2H3;1-4,9-10H,5-8H2. The Labute approximate surface area is 886 Å². The van der Waals surface area contributed by atoms with Crippen molar-refractivity contribution in [2.24, 2.45) is 0 Å². The van der Waals surface area contributed by atoms with Gasteiger partial charge in [-0.2, -0.15) is 21.5 Å². The summed E-state index contributed by atoms with van der Waals surface area (Å²) in [6.07, 6.45) is 0.